The fourth-order valence-electron chi connectivity index (χ4n) is 5.85. The minimum atomic E-state index is -2.55. The SMILES string of the molecule is CC(C)(C)[Si](OCCCCCC(O)CC(=O)N1C(=O)OCC1Cc1ccccc1)(c1ccccc1)c1ccccc1. The van der Waals surface area contributed by atoms with E-state index in [1.165, 1.54) is 15.3 Å². The van der Waals surface area contributed by atoms with Crippen molar-refractivity contribution in [3.8, 4) is 0 Å². The zero-order chi connectivity index (χ0) is 29.3. The van der Waals surface area contributed by atoms with Gasteiger partial charge in [-0.25, -0.2) is 9.69 Å². The molecule has 0 aromatic heterocycles. The Bertz CT molecular complexity index is 1210. The second-order valence-electron chi connectivity index (χ2n) is 11.9. The number of carbonyl (C=O) groups is 2. The lowest BCUT2D eigenvalue weighted by Gasteiger charge is -2.43. The maximum absolute atomic E-state index is 12.9. The van der Waals surface area contributed by atoms with Gasteiger partial charge in [0, 0.05) is 6.61 Å². The Kier molecular flexibility index (Phi) is 10.5. The van der Waals surface area contributed by atoms with Crippen molar-refractivity contribution in [2.75, 3.05) is 13.2 Å². The summed E-state index contributed by atoms with van der Waals surface area (Å²) >= 11 is 0. The third kappa shape index (κ3) is 7.53. The van der Waals surface area contributed by atoms with Crippen molar-refractivity contribution in [2.24, 2.45) is 0 Å². The average Bonchev–Trinajstić information content (AvgIpc) is 3.33. The van der Waals surface area contributed by atoms with Crippen LogP contribution in [0.2, 0.25) is 5.04 Å². The van der Waals surface area contributed by atoms with Crippen molar-refractivity contribution in [2.45, 2.75) is 76.5 Å². The number of imide groups is 1. The minimum Gasteiger partial charge on any atom is -0.447 e. The Hall–Kier alpha value is -3.26. The predicted molar refractivity (Wildman–Crippen MR) is 165 cm³/mol. The molecule has 1 aliphatic rings. The van der Waals surface area contributed by atoms with E-state index in [0.717, 1.165) is 24.8 Å². The number of cyclic esters (lactones) is 1. The van der Waals surface area contributed by atoms with E-state index in [4.69, 9.17) is 9.16 Å². The first kappa shape index (κ1) is 30.7. The van der Waals surface area contributed by atoms with Crippen molar-refractivity contribution >= 4 is 30.7 Å². The van der Waals surface area contributed by atoms with Crippen LogP contribution in [0.5, 0.6) is 0 Å². The average molecular weight is 574 g/mol. The summed E-state index contributed by atoms with van der Waals surface area (Å²) in [5.41, 5.74) is 1.04. The molecule has 218 valence electrons. The minimum absolute atomic E-state index is 0.0681. The normalized spacial score (nSPS) is 16.4. The molecule has 2 atom stereocenters. The summed E-state index contributed by atoms with van der Waals surface area (Å²) in [5.74, 6) is -0.379. The van der Waals surface area contributed by atoms with Gasteiger partial charge in [0.1, 0.15) is 6.61 Å². The van der Waals surface area contributed by atoms with Gasteiger partial charge >= 0.3 is 6.09 Å². The van der Waals surface area contributed by atoms with Crippen molar-refractivity contribution in [1.82, 2.24) is 4.90 Å². The molecule has 2 amide bonds. The van der Waals surface area contributed by atoms with Gasteiger partial charge < -0.3 is 14.3 Å². The van der Waals surface area contributed by atoms with Crippen LogP contribution in [0.3, 0.4) is 0 Å². The van der Waals surface area contributed by atoms with Crippen molar-refractivity contribution in [3.63, 3.8) is 0 Å². The molecule has 2 unspecified atom stereocenters. The van der Waals surface area contributed by atoms with E-state index in [0.29, 0.717) is 19.4 Å². The first-order chi connectivity index (χ1) is 19.7. The van der Waals surface area contributed by atoms with E-state index < -0.39 is 20.5 Å². The summed E-state index contributed by atoms with van der Waals surface area (Å²) in [6.45, 7) is 7.62. The third-order valence-corrected chi connectivity index (χ3v) is 12.9. The number of aliphatic hydroxyl groups excluding tert-OH is 1. The number of hydrogen-bond donors (Lipinski definition) is 1. The highest BCUT2D eigenvalue weighted by Crippen LogP contribution is 2.36. The highest BCUT2D eigenvalue weighted by molar-refractivity contribution is 6.99. The standard InChI is InChI=1S/C34H43NO5Si/c1-34(2,3)41(30-19-11-5-12-20-30,31-21-13-6-14-22-31)40-23-15-7-10-18-29(36)25-32(37)35-28(26-39-33(35)38)24-27-16-8-4-9-17-27/h4-6,8-9,11-14,16-17,19-22,28-29,36H,7,10,15,18,23-26H2,1-3H3. The molecule has 0 saturated carbocycles. The first-order valence-electron chi connectivity index (χ1n) is 14.7. The summed E-state index contributed by atoms with van der Waals surface area (Å²) < 4.78 is 12.1. The van der Waals surface area contributed by atoms with Crippen LogP contribution in [-0.2, 0) is 20.4 Å². The van der Waals surface area contributed by atoms with Gasteiger partial charge in [-0.3, -0.25) is 4.79 Å². The number of nitrogens with zero attached hydrogens (tertiary/aromatic N) is 1. The van der Waals surface area contributed by atoms with Gasteiger partial charge in [-0.15, -0.1) is 0 Å². The lowest BCUT2D eigenvalue weighted by atomic mass is 10.0. The molecule has 1 saturated heterocycles. The largest absolute Gasteiger partial charge is 0.447 e. The van der Waals surface area contributed by atoms with Crippen LogP contribution in [0.4, 0.5) is 4.79 Å². The molecule has 41 heavy (non-hydrogen) atoms. The van der Waals surface area contributed by atoms with Gasteiger partial charge in [0.15, 0.2) is 0 Å². The lowest BCUT2D eigenvalue weighted by molar-refractivity contribution is -0.131. The van der Waals surface area contributed by atoms with Crippen molar-refractivity contribution in [3.05, 3.63) is 96.6 Å². The van der Waals surface area contributed by atoms with Gasteiger partial charge in [-0.05, 0) is 40.2 Å². The molecule has 1 N–H and O–H groups in total. The zero-order valence-corrected chi connectivity index (χ0v) is 25.5. The lowest BCUT2D eigenvalue weighted by Crippen LogP contribution is -2.66. The molecular formula is C34H43NO5Si. The maximum atomic E-state index is 12.9. The molecule has 4 rings (SSSR count). The van der Waals surface area contributed by atoms with Crippen molar-refractivity contribution < 1.29 is 23.9 Å². The van der Waals surface area contributed by atoms with Crippen LogP contribution in [0.15, 0.2) is 91.0 Å². The number of carbonyl (C=O) groups excluding carboxylic acids is 2. The number of rotatable bonds is 13. The molecule has 3 aromatic rings. The monoisotopic (exact) mass is 573 g/mol. The summed E-state index contributed by atoms with van der Waals surface area (Å²) in [7, 11) is -2.55. The van der Waals surface area contributed by atoms with E-state index >= 15 is 0 Å². The fraction of sp³-hybridized carbons (Fsp3) is 0.412. The van der Waals surface area contributed by atoms with Crippen LogP contribution < -0.4 is 10.4 Å². The second kappa shape index (κ2) is 14.1. The Balaban J connectivity index is 1.28. The van der Waals surface area contributed by atoms with Crippen LogP contribution in [-0.4, -0.2) is 55.7 Å². The van der Waals surface area contributed by atoms with E-state index in [9.17, 15) is 14.7 Å². The molecule has 3 aromatic carbocycles. The van der Waals surface area contributed by atoms with Gasteiger partial charge in [0.05, 0.1) is 18.6 Å². The number of aliphatic hydroxyl groups is 1. The Morgan fingerprint density at radius 2 is 1.49 bits per heavy atom. The highest BCUT2D eigenvalue weighted by Gasteiger charge is 2.50. The van der Waals surface area contributed by atoms with Crippen molar-refractivity contribution in [1.29, 1.82) is 0 Å². The Morgan fingerprint density at radius 1 is 0.927 bits per heavy atom. The molecule has 0 aliphatic carbocycles. The van der Waals surface area contributed by atoms with Gasteiger partial charge in [0.25, 0.3) is 8.32 Å². The van der Waals surface area contributed by atoms with Crippen LogP contribution in [0, 0.1) is 0 Å². The second-order valence-corrected chi connectivity index (χ2v) is 16.2. The van der Waals surface area contributed by atoms with Crippen LogP contribution in [0.1, 0.15) is 58.4 Å². The topological polar surface area (TPSA) is 76.1 Å². The molecule has 0 bridgehead atoms. The summed E-state index contributed by atoms with van der Waals surface area (Å²) in [6, 6.07) is 30.6. The smallest absolute Gasteiger partial charge is 0.416 e. The number of benzene rings is 3. The Morgan fingerprint density at radius 3 is 2.05 bits per heavy atom. The van der Waals surface area contributed by atoms with E-state index in [-0.39, 0.29) is 30.0 Å². The summed E-state index contributed by atoms with van der Waals surface area (Å²) in [4.78, 5) is 26.4. The molecule has 0 spiro atoms. The predicted octanol–water partition coefficient (Wildman–Crippen LogP) is 5.46. The number of hydrogen-bond acceptors (Lipinski definition) is 5. The van der Waals surface area contributed by atoms with E-state index in [1.54, 1.807) is 0 Å². The van der Waals surface area contributed by atoms with Crippen LogP contribution >= 0.6 is 0 Å². The fourth-order valence-corrected chi connectivity index (χ4v) is 10.5. The van der Waals surface area contributed by atoms with Gasteiger partial charge in [-0.1, -0.05) is 125 Å². The maximum Gasteiger partial charge on any atom is 0.416 e. The first-order valence-corrected chi connectivity index (χ1v) is 16.6. The molecule has 1 aliphatic heterocycles. The third-order valence-electron chi connectivity index (χ3n) is 7.87. The van der Waals surface area contributed by atoms with Crippen LogP contribution in [0.25, 0.3) is 0 Å². The number of unbranched alkanes of at least 4 members (excludes halogenated alkanes) is 2. The zero-order valence-electron chi connectivity index (χ0n) is 24.5. The molecule has 6 nitrogen and oxygen atoms in total. The van der Waals surface area contributed by atoms with E-state index in [1.807, 2.05) is 42.5 Å². The van der Waals surface area contributed by atoms with Gasteiger partial charge in [0.2, 0.25) is 5.91 Å². The molecule has 1 fully saturated rings. The van der Waals surface area contributed by atoms with E-state index in [2.05, 4.69) is 69.3 Å². The van der Waals surface area contributed by atoms with Gasteiger partial charge in [-0.2, -0.15) is 0 Å². The molecule has 0 radical (unpaired) electrons. The summed E-state index contributed by atoms with van der Waals surface area (Å²) in [5, 5.41) is 13.1. The number of amides is 2. The summed E-state index contributed by atoms with van der Waals surface area (Å²) in [6.07, 6.45) is 2.05. The highest BCUT2D eigenvalue weighted by atomic mass is 28.4. The Labute approximate surface area is 245 Å². The molecule has 7 heteroatoms. The number of ether oxygens (including phenoxy) is 1. The molecule has 1 heterocycles. The quantitative estimate of drug-likeness (QED) is 0.217. The molecular weight excluding hydrogens is 530 g/mol.